The van der Waals surface area contributed by atoms with Crippen molar-refractivity contribution in [2.75, 3.05) is 92.8 Å². The second-order valence-electron chi connectivity index (χ2n) is 9.32. The third-order valence-electron chi connectivity index (χ3n) is 6.31. The van der Waals surface area contributed by atoms with Crippen LogP contribution in [0, 0.1) is 0 Å². The highest BCUT2D eigenvalue weighted by Crippen LogP contribution is 2.24. The Balaban J connectivity index is 0.000000171. The molecule has 2 aliphatic heterocycles. The van der Waals surface area contributed by atoms with Crippen molar-refractivity contribution < 1.29 is 29.3 Å². The molecule has 4 aromatic heterocycles. The van der Waals surface area contributed by atoms with Gasteiger partial charge in [0.1, 0.15) is 13.1 Å². The molecule has 4 aromatic rings. The lowest BCUT2D eigenvalue weighted by Crippen LogP contribution is -2.38. The third kappa shape index (κ3) is 7.20. The maximum Gasteiger partial charge on any atom is 0.323 e. The first kappa shape index (κ1) is 30.6. The van der Waals surface area contributed by atoms with Gasteiger partial charge in [-0.15, -0.1) is 0 Å². The summed E-state index contributed by atoms with van der Waals surface area (Å²) in [6.07, 6.45) is 3.21. The van der Waals surface area contributed by atoms with Gasteiger partial charge in [0.2, 0.25) is 23.8 Å². The summed E-state index contributed by atoms with van der Waals surface area (Å²) >= 11 is 6.79. The number of hydrogen-bond donors (Lipinski definition) is 3. The molecule has 43 heavy (non-hydrogen) atoms. The summed E-state index contributed by atoms with van der Waals surface area (Å²) in [6.45, 7) is 4.84. The van der Waals surface area contributed by atoms with Gasteiger partial charge in [-0.1, -0.05) is 0 Å². The quantitative estimate of drug-likeness (QED) is 0.226. The molecule has 0 amide bonds. The molecule has 2 aliphatic rings. The fraction of sp³-hybridized carbons (Fsp3) is 0.478. The molecule has 2 fully saturated rings. The zero-order chi connectivity index (χ0) is 30.5. The minimum Gasteiger partial charge on any atom is -0.480 e. The van der Waals surface area contributed by atoms with E-state index in [0.717, 1.165) is 8.95 Å². The number of aliphatic carboxylic acids is 2. The van der Waals surface area contributed by atoms with E-state index < -0.39 is 11.9 Å². The largest absolute Gasteiger partial charge is 0.480 e. The van der Waals surface area contributed by atoms with Crippen LogP contribution in [0.25, 0.3) is 11.3 Å². The number of anilines is 4. The van der Waals surface area contributed by atoms with Gasteiger partial charge in [-0.25, -0.2) is 0 Å². The van der Waals surface area contributed by atoms with Gasteiger partial charge < -0.3 is 39.7 Å². The molecule has 0 aliphatic carbocycles. The molecule has 0 atom stereocenters. The number of hydrogen-bond acceptors (Lipinski definition) is 14. The Morgan fingerprint density at radius 1 is 0.837 bits per heavy atom. The Hall–Kier alpha value is -3.88. The van der Waals surface area contributed by atoms with Crippen molar-refractivity contribution >= 4 is 78.9 Å². The van der Waals surface area contributed by atoms with Crippen molar-refractivity contribution in [1.82, 2.24) is 39.2 Å². The van der Waals surface area contributed by atoms with Gasteiger partial charge in [0, 0.05) is 33.2 Å². The van der Waals surface area contributed by atoms with E-state index in [2.05, 4.69) is 67.3 Å². The summed E-state index contributed by atoms with van der Waals surface area (Å²) in [5.74, 6) is -0.0624. The summed E-state index contributed by atoms with van der Waals surface area (Å²) < 4.78 is 15.1. The highest BCUT2D eigenvalue weighted by atomic mass is 79.9. The Bertz CT molecular complexity index is 1600. The van der Waals surface area contributed by atoms with E-state index >= 15 is 0 Å². The minimum absolute atomic E-state index is 0.174. The molecule has 0 radical (unpaired) electrons. The van der Waals surface area contributed by atoms with E-state index in [1.54, 1.807) is 19.4 Å². The number of rotatable bonds is 8. The second kappa shape index (κ2) is 13.6. The number of fused-ring (bicyclic) bond motifs is 2. The molecule has 230 valence electrons. The molecule has 18 nitrogen and oxygen atoms in total. The maximum absolute atomic E-state index is 11.0. The molecule has 6 heterocycles. The average Bonchev–Trinajstić information content (AvgIpc) is 3.58. The van der Waals surface area contributed by atoms with Gasteiger partial charge in [-0.3, -0.25) is 9.59 Å². The molecular weight excluding hydrogens is 700 g/mol. The van der Waals surface area contributed by atoms with Gasteiger partial charge >= 0.3 is 11.9 Å². The van der Waals surface area contributed by atoms with E-state index in [9.17, 15) is 9.59 Å². The van der Waals surface area contributed by atoms with Crippen LogP contribution in [0.3, 0.4) is 0 Å². The normalized spacial score (nSPS) is 15.3. The van der Waals surface area contributed by atoms with Gasteiger partial charge in [0.15, 0.2) is 11.3 Å². The summed E-state index contributed by atoms with van der Waals surface area (Å²) in [5.41, 5.74) is 1.18. The number of likely N-dealkylation sites (N-methyl/N-ethyl adjacent to an activating group) is 1. The van der Waals surface area contributed by atoms with Gasteiger partial charge in [0.25, 0.3) is 0 Å². The first-order chi connectivity index (χ1) is 20.7. The summed E-state index contributed by atoms with van der Waals surface area (Å²) in [7, 11) is 1.66. The van der Waals surface area contributed by atoms with Gasteiger partial charge in [0.05, 0.1) is 47.8 Å². The highest BCUT2D eigenvalue weighted by molar-refractivity contribution is 9.11. The molecule has 0 bridgehead atoms. The average molecular weight is 728 g/mol. The zero-order valence-corrected chi connectivity index (χ0v) is 26.1. The van der Waals surface area contributed by atoms with E-state index in [0.29, 0.717) is 87.7 Å². The van der Waals surface area contributed by atoms with Crippen LogP contribution in [-0.2, 0) is 19.1 Å². The Morgan fingerprint density at radius 2 is 1.35 bits per heavy atom. The number of carboxylic acids is 2. The van der Waals surface area contributed by atoms with Crippen LogP contribution < -0.4 is 20.0 Å². The van der Waals surface area contributed by atoms with E-state index in [1.807, 2.05) is 9.80 Å². The second-order valence-corrected chi connectivity index (χ2v) is 11.0. The highest BCUT2D eigenvalue weighted by Gasteiger charge is 2.21. The number of morpholine rings is 2. The lowest BCUT2D eigenvalue weighted by Gasteiger charge is -2.27. The maximum atomic E-state index is 11.0. The van der Waals surface area contributed by atoms with E-state index in [4.69, 9.17) is 19.7 Å². The molecule has 2 saturated heterocycles. The van der Waals surface area contributed by atoms with E-state index in [-0.39, 0.29) is 13.1 Å². The molecule has 20 heteroatoms. The molecule has 0 spiro atoms. The minimum atomic E-state index is -0.971. The smallest absolute Gasteiger partial charge is 0.323 e. The Kier molecular flexibility index (Phi) is 9.68. The van der Waals surface area contributed by atoms with Crippen LogP contribution in [-0.4, -0.2) is 134 Å². The van der Waals surface area contributed by atoms with Crippen molar-refractivity contribution in [3.8, 4) is 0 Å². The molecular formula is C23H28Br2N12O6. The summed E-state index contributed by atoms with van der Waals surface area (Å²) in [5, 5.41) is 28.9. The van der Waals surface area contributed by atoms with Crippen LogP contribution in [0.2, 0.25) is 0 Å². The zero-order valence-electron chi connectivity index (χ0n) is 22.9. The molecule has 0 aromatic carbocycles. The first-order valence-corrected chi connectivity index (χ1v) is 14.7. The topological polar surface area (TPSA) is 201 Å². The molecule has 3 N–H and O–H groups in total. The van der Waals surface area contributed by atoms with Crippen molar-refractivity contribution in [1.29, 1.82) is 0 Å². The number of nitrogens with one attached hydrogen (secondary N) is 1. The van der Waals surface area contributed by atoms with Crippen LogP contribution >= 0.6 is 31.9 Å². The lowest BCUT2D eigenvalue weighted by molar-refractivity contribution is -0.136. The summed E-state index contributed by atoms with van der Waals surface area (Å²) in [4.78, 5) is 45.1. The van der Waals surface area contributed by atoms with Crippen molar-refractivity contribution in [2.45, 2.75) is 0 Å². The number of aromatic nitrogens is 8. The first-order valence-electron chi connectivity index (χ1n) is 13.1. The molecule has 6 rings (SSSR count). The Morgan fingerprint density at radius 3 is 1.88 bits per heavy atom. The van der Waals surface area contributed by atoms with Gasteiger partial charge in [-0.2, -0.15) is 39.2 Å². The van der Waals surface area contributed by atoms with Crippen molar-refractivity contribution in [3.63, 3.8) is 0 Å². The van der Waals surface area contributed by atoms with Crippen molar-refractivity contribution in [2.24, 2.45) is 0 Å². The number of halogens is 2. The van der Waals surface area contributed by atoms with Crippen LogP contribution in [0.15, 0.2) is 21.3 Å². The number of nitrogens with zero attached hydrogens (tertiary/aromatic N) is 11. The van der Waals surface area contributed by atoms with Gasteiger partial charge in [-0.05, 0) is 31.9 Å². The predicted octanol–water partition coefficient (Wildman–Crippen LogP) is 0.464. The third-order valence-corrected chi connectivity index (χ3v) is 7.43. The number of carbonyl (C=O) groups is 2. The SMILES string of the molecule is CN(CC(=O)O)c1nc(N2CCOCC2)nc2c(Br)cnn12.O=C(O)CNc1nc(N2CCOCC2)nc2c(Br)cnn12. The summed E-state index contributed by atoms with van der Waals surface area (Å²) in [6, 6.07) is 0. The lowest BCUT2D eigenvalue weighted by atomic mass is 10.4. The Labute approximate surface area is 260 Å². The molecule has 0 saturated carbocycles. The van der Waals surface area contributed by atoms with E-state index in [1.165, 1.54) is 13.9 Å². The number of carboxylic acid groups (broad SMARTS) is 2. The van der Waals surface area contributed by atoms with Crippen LogP contribution in [0.5, 0.6) is 0 Å². The van der Waals surface area contributed by atoms with Crippen LogP contribution in [0.1, 0.15) is 0 Å². The number of ether oxygens (including phenoxy) is 2. The molecule has 0 unspecified atom stereocenters. The predicted molar refractivity (Wildman–Crippen MR) is 160 cm³/mol. The fourth-order valence-corrected chi connectivity index (χ4v) is 4.96. The standard InChI is InChI=1S/C12H15BrN6O3.C11H13BrN6O3/c1-17(7-9(20)21)12-16-11(18-2-4-22-5-3-18)15-10-8(13)6-14-19(10)12;12-7-5-14-18-9(7)15-11(17-1-3-21-4-2-17)16-10(18)13-6-8(19)20/h6H,2-5,7H2,1H3,(H,20,21);5H,1-4,6H2,(H,19,20)(H,13,15,16). The monoisotopic (exact) mass is 726 g/mol. The van der Waals surface area contributed by atoms with Crippen LogP contribution in [0.4, 0.5) is 23.8 Å². The fourth-order valence-electron chi connectivity index (χ4n) is 4.26. The van der Waals surface area contributed by atoms with Crippen molar-refractivity contribution in [3.05, 3.63) is 21.3 Å².